The van der Waals surface area contributed by atoms with Gasteiger partial charge in [-0.25, -0.2) is 0 Å². The molecule has 0 amide bonds. The summed E-state index contributed by atoms with van der Waals surface area (Å²) in [4.78, 5) is 10.3. The molecule has 2 aromatic heterocycles. The third-order valence-electron chi connectivity index (χ3n) is 12.4. The molecule has 0 bridgehead atoms. The number of allylic oxidation sites excluding steroid dienone is 14. The topological polar surface area (TPSA) is 25.8 Å². The molecule has 52 heavy (non-hydrogen) atoms. The monoisotopic (exact) mass is 662 g/mol. The summed E-state index contributed by atoms with van der Waals surface area (Å²) in [6.45, 7) is 0. The van der Waals surface area contributed by atoms with Gasteiger partial charge in [-0.2, -0.15) is 0 Å². The van der Waals surface area contributed by atoms with Crippen LogP contribution in [-0.2, 0) is 0 Å². The zero-order valence-corrected chi connectivity index (χ0v) is 28.7. The van der Waals surface area contributed by atoms with Crippen LogP contribution in [0.2, 0.25) is 0 Å². The van der Waals surface area contributed by atoms with E-state index in [1.807, 2.05) is 24.5 Å². The Labute approximate surface area is 303 Å². The Hall–Kier alpha value is -6.12. The van der Waals surface area contributed by atoms with Gasteiger partial charge in [0.2, 0.25) is 0 Å². The molecule has 6 aliphatic carbocycles. The Morgan fingerprint density at radius 2 is 1.37 bits per heavy atom. The van der Waals surface area contributed by atoms with E-state index >= 15 is 0 Å². The van der Waals surface area contributed by atoms with E-state index in [9.17, 15) is 0 Å². The van der Waals surface area contributed by atoms with Crippen molar-refractivity contribution in [1.29, 1.82) is 0 Å². The summed E-state index contributed by atoms with van der Waals surface area (Å²) < 4.78 is 0. The van der Waals surface area contributed by atoms with E-state index in [-0.39, 0.29) is 5.92 Å². The van der Waals surface area contributed by atoms with Crippen molar-refractivity contribution < 1.29 is 0 Å². The largest absolute Gasteiger partial charge is 0.256 e. The molecule has 6 aliphatic rings. The molecule has 2 atom stereocenters. The summed E-state index contributed by atoms with van der Waals surface area (Å²) in [5.41, 5.74) is 21.2. The molecule has 0 aliphatic heterocycles. The first-order valence-corrected chi connectivity index (χ1v) is 18.8. The Balaban J connectivity index is 1.33. The van der Waals surface area contributed by atoms with Gasteiger partial charge in [-0.3, -0.25) is 9.97 Å². The zero-order valence-electron chi connectivity index (χ0n) is 28.7. The number of nitrogens with zero attached hydrogens (tertiary/aromatic N) is 2. The van der Waals surface area contributed by atoms with Crippen molar-refractivity contribution in [2.24, 2.45) is 11.8 Å². The van der Waals surface area contributed by atoms with Gasteiger partial charge in [-0.05, 0) is 151 Å². The van der Waals surface area contributed by atoms with Crippen molar-refractivity contribution in [3.63, 3.8) is 0 Å². The van der Waals surface area contributed by atoms with E-state index in [1.54, 1.807) is 0 Å². The molecule has 12 rings (SSSR count). The third-order valence-corrected chi connectivity index (χ3v) is 12.4. The van der Waals surface area contributed by atoms with Gasteiger partial charge in [0.15, 0.2) is 0 Å². The lowest BCUT2D eigenvalue weighted by molar-refractivity contribution is 0.660. The maximum Gasteiger partial charge on any atom is 0.0714 e. The van der Waals surface area contributed by atoms with Crippen molar-refractivity contribution in [2.75, 3.05) is 0 Å². The molecule has 0 saturated carbocycles. The third kappa shape index (κ3) is 3.79. The fourth-order valence-corrected chi connectivity index (χ4v) is 10.4. The van der Waals surface area contributed by atoms with Crippen LogP contribution >= 0.6 is 0 Å². The molecule has 2 heterocycles. The molecule has 2 heteroatoms. The smallest absolute Gasteiger partial charge is 0.0714 e. The number of aromatic nitrogens is 2. The molecule has 0 N–H and O–H groups in total. The standard InChI is InChI=1S/C50H34N2/c1-2-13-29(14-3-1)31-26-37-33-17-6-7-18-34(33)38-28-41-46(39(27-31)45(37)38)50(43-22-9-11-24-52-43)49-40-25-30-15-4-5-16-32(30)35-19-12-20-36(44(35)40)48(49)47(41)42-21-8-10-23-51-42/h1-3,5-6,8-14,16-17,19-28,35,44H,4,7,15,18H2. The molecule has 0 saturated heterocycles. The molecule has 6 aromatic rings. The molecule has 244 valence electrons. The Morgan fingerprint density at radius 3 is 2.19 bits per heavy atom. The van der Waals surface area contributed by atoms with Crippen molar-refractivity contribution in [3.8, 4) is 33.6 Å². The summed E-state index contributed by atoms with van der Waals surface area (Å²) in [6.07, 6.45) is 27.5. The van der Waals surface area contributed by atoms with E-state index in [2.05, 4.69) is 121 Å². The Bertz CT molecular complexity index is 2810. The van der Waals surface area contributed by atoms with Gasteiger partial charge in [-0.1, -0.05) is 91.1 Å². The lowest BCUT2D eigenvalue weighted by Crippen LogP contribution is -2.21. The van der Waals surface area contributed by atoms with Gasteiger partial charge >= 0.3 is 0 Å². The fourth-order valence-electron chi connectivity index (χ4n) is 10.4. The van der Waals surface area contributed by atoms with Gasteiger partial charge < -0.3 is 0 Å². The summed E-state index contributed by atoms with van der Waals surface area (Å²) in [5, 5.41) is 5.24. The minimum Gasteiger partial charge on any atom is -0.256 e. The first-order valence-electron chi connectivity index (χ1n) is 18.8. The van der Waals surface area contributed by atoms with Crippen LogP contribution in [0.5, 0.6) is 0 Å². The van der Waals surface area contributed by atoms with Crippen LogP contribution in [0.4, 0.5) is 0 Å². The molecule has 0 radical (unpaired) electrons. The predicted molar refractivity (Wildman–Crippen MR) is 216 cm³/mol. The van der Waals surface area contributed by atoms with Crippen LogP contribution in [0.25, 0.3) is 77.5 Å². The van der Waals surface area contributed by atoms with Gasteiger partial charge in [0, 0.05) is 40.7 Å². The van der Waals surface area contributed by atoms with E-state index < -0.39 is 0 Å². The molecule has 0 fully saturated rings. The molecular formula is C50H34N2. The summed E-state index contributed by atoms with van der Waals surface area (Å²) >= 11 is 0. The van der Waals surface area contributed by atoms with Crippen LogP contribution in [0, 0.1) is 11.8 Å². The lowest BCUT2D eigenvalue weighted by atomic mass is 9.69. The molecule has 2 nitrogen and oxygen atoms in total. The first kappa shape index (κ1) is 28.6. The van der Waals surface area contributed by atoms with E-state index in [1.165, 1.54) is 99.5 Å². The minimum absolute atomic E-state index is 0.259. The highest BCUT2D eigenvalue weighted by Gasteiger charge is 2.45. The average molecular weight is 663 g/mol. The van der Waals surface area contributed by atoms with Crippen molar-refractivity contribution in [2.45, 2.75) is 25.7 Å². The number of pyridine rings is 2. The molecule has 0 spiro atoms. The molecule has 2 unspecified atom stereocenters. The first-order chi connectivity index (χ1) is 25.8. The highest BCUT2D eigenvalue weighted by Crippen LogP contribution is 2.63. The van der Waals surface area contributed by atoms with Crippen molar-refractivity contribution in [1.82, 2.24) is 9.97 Å². The summed E-state index contributed by atoms with van der Waals surface area (Å²) in [7, 11) is 0. The van der Waals surface area contributed by atoms with Crippen LogP contribution in [0.15, 0.2) is 157 Å². The lowest BCUT2D eigenvalue weighted by Gasteiger charge is -2.34. The van der Waals surface area contributed by atoms with Gasteiger partial charge in [-0.15, -0.1) is 0 Å². The van der Waals surface area contributed by atoms with Gasteiger partial charge in [0.05, 0.1) is 11.4 Å². The van der Waals surface area contributed by atoms with Gasteiger partial charge in [0.1, 0.15) is 0 Å². The Morgan fingerprint density at radius 1 is 0.596 bits per heavy atom. The number of fused-ring (bicyclic) bond motifs is 8. The van der Waals surface area contributed by atoms with Crippen molar-refractivity contribution in [3.05, 3.63) is 179 Å². The van der Waals surface area contributed by atoms with Gasteiger partial charge in [0.25, 0.3) is 0 Å². The van der Waals surface area contributed by atoms with Crippen LogP contribution in [0.1, 0.15) is 47.9 Å². The normalized spacial score (nSPS) is 20.2. The van der Waals surface area contributed by atoms with Crippen LogP contribution in [-0.4, -0.2) is 9.97 Å². The van der Waals surface area contributed by atoms with Crippen molar-refractivity contribution >= 4 is 43.8 Å². The summed E-state index contributed by atoms with van der Waals surface area (Å²) in [5.74, 6) is 0.578. The van der Waals surface area contributed by atoms with E-state index in [0.717, 1.165) is 37.1 Å². The maximum absolute atomic E-state index is 5.18. The zero-order chi connectivity index (χ0) is 33.9. The highest BCUT2D eigenvalue weighted by molar-refractivity contribution is 6.30. The average Bonchev–Trinajstić information content (AvgIpc) is 3.71. The summed E-state index contributed by atoms with van der Waals surface area (Å²) in [6, 6.07) is 31.2. The molecule has 4 aromatic carbocycles. The Kier molecular flexibility index (Phi) is 5.88. The second-order valence-corrected chi connectivity index (χ2v) is 15.0. The van der Waals surface area contributed by atoms with E-state index in [4.69, 9.17) is 9.97 Å². The SMILES string of the molecule is C1=CC2C3=C(C=C4c5c(c(-c6ccccn6)c6cc7c8c(cc(-c9ccccc9)cc8c6c5-c5ccccn5)C5=C7CCC=C5)C(=C1)C42)CCC=C3. The number of benzene rings is 4. The molecular weight excluding hydrogens is 629 g/mol. The number of rotatable bonds is 3. The number of hydrogen-bond donors (Lipinski definition) is 0. The van der Waals surface area contributed by atoms with E-state index in [0.29, 0.717) is 5.92 Å². The second-order valence-electron chi connectivity index (χ2n) is 15.0. The van der Waals surface area contributed by atoms with Crippen LogP contribution in [0.3, 0.4) is 0 Å². The fraction of sp³-hybridized carbons (Fsp3) is 0.120. The minimum atomic E-state index is 0.259. The maximum atomic E-state index is 5.18. The quantitative estimate of drug-likeness (QED) is 0.176. The predicted octanol–water partition coefficient (Wildman–Crippen LogP) is 12.6. The second kappa shape index (κ2) is 10.7. The number of hydrogen-bond acceptors (Lipinski definition) is 2. The highest BCUT2D eigenvalue weighted by atomic mass is 14.7. The van der Waals surface area contributed by atoms with Crippen LogP contribution < -0.4 is 0 Å².